The lowest BCUT2D eigenvalue weighted by Crippen LogP contribution is -2.29. The van der Waals surface area contributed by atoms with Gasteiger partial charge in [-0.2, -0.15) is 21.6 Å². The number of aromatic nitrogens is 2. The summed E-state index contributed by atoms with van der Waals surface area (Å²) in [4.78, 5) is 8.20. The topological polar surface area (TPSA) is 81.2 Å². The van der Waals surface area contributed by atoms with E-state index in [1.165, 1.54) is 16.9 Å². The van der Waals surface area contributed by atoms with E-state index in [1.54, 1.807) is 20.0 Å². The zero-order chi connectivity index (χ0) is 17.3. The van der Waals surface area contributed by atoms with Crippen LogP contribution in [0, 0.1) is 13.8 Å². The molecule has 0 saturated heterocycles. The van der Waals surface area contributed by atoms with Gasteiger partial charge in [0.15, 0.2) is 0 Å². The zero-order valence-corrected chi connectivity index (χ0v) is 12.9. The van der Waals surface area contributed by atoms with Crippen molar-refractivity contribution in [2.24, 2.45) is 0 Å². The molecule has 0 atom stereocenters. The van der Waals surface area contributed by atoms with Gasteiger partial charge in [-0.15, -0.1) is 0 Å². The van der Waals surface area contributed by atoms with Crippen molar-refractivity contribution in [3.63, 3.8) is 0 Å². The smallest absolute Gasteiger partial charge is 0.437 e. The summed E-state index contributed by atoms with van der Waals surface area (Å²) in [6.07, 6.45) is 1.57. The molecule has 0 saturated carbocycles. The van der Waals surface area contributed by atoms with Gasteiger partial charge in [0.25, 0.3) is 0 Å². The minimum atomic E-state index is -5.45. The SMILES string of the molecule is Cc1cnc(C)c(Oc2ccc(NS(=O)(=O)C(F)(F)F)cc2)n1. The van der Waals surface area contributed by atoms with Crippen LogP contribution in [0.3, 0.4) is 0 Å². The summed E-state index contributed by atoms with van der Waals surface area (Å²) >= 11 is 0. The fourth-order valence-corrected chi connectivity index (χ4v) is 2.09. The van der Waals surface area contributed by atoms with E-state index in [9.17, 15) is 21.6 Å². The molecule has 0 amide bonds. The van der Waals surface area contributed by atoms with E-state index in [0.29, 0.717) is 11.4 Å². The molecular formula is C13H12F3N3O3S. The predicted molar refractivity (Wildman–Crippen MR) is 76.6 cm³/mol. The molecule has 0 aliphatic carbocycles. The van der Waals surface area contributed by atoms with Crippen LogP contribution in [0.5, 0.6) is 11.6 Å². The summed E-state index contributed by atoms with van der Waals surface area (Å²) in [6, 6.07) is 4.93. The Bertz CT molecular complexity index is 805. The highest BCUT2D eigenvalue weighted by molar-refractivity contribution is 7.93. The van der Waals surface area contributed by atoms with Gasteiger partial charge in [-0.25, -0.2) is 4.98 Å². The Morgan fingerprint density at radius 1 is 1.13 bits per heavy atom. The van der Waals surface area contributed by atoms with Gasteiger partial charge in [0, 0.05) is 11.9 Å². The van der Waals surface area contributed by atoms with Crippen molar-refractivity contribution in [2.75, 3.05) is 4.72 Å². The number of rotatable bonds is 4. The number of sulfonamides is 1. The predicted octanol–water partition coefficient (Wildman–Crippen LogP) is 3.15. The van der Waals surface area contributed by atoms with Crippen molar-refractivity contribution in [3.05, 3.63) is 41.9 Å². The molecule has 124 valence electrons. The van der Waals surface area contributed by atoms with Gasteiger partial charge in [0.05, 0.1) is 11.4 Å². The summed E-state index contributed by atoms with van der Waals surface area (Å²) in [5, 5.41) is 0. The largest absolute Gasteiger partial charge is 0.516 e. The molecule has 2 aromatic rings. The van der Waals surface area contributed by atoms with Gasteiger partial charge < -0.3 is 4.74 Å². The van der Waals surface area contributed by atoms with Crippen LogP contribution in [0.4, 0.5) is 18.9 Å². The molecule has 1 N–H and O–H groups in total. The summed E-state index contributed by atoms with van der Waals surface area (Å²) in [7, 11) is -5.45. The van der Waals surface area contributed by atoms with Crippen LogP contribution in [-0.2, 0) is 10.0 Å². The van der Waals surface area contributed by atoms with Crippen molar-refractivity contribution in [1.82, 2.24) is 9.97 Å². The molecule has 0 radical (unpaired) electrons. The fourth-order valence-electron chi connectivity index (χ4n) is 1.53. The van der Waals surface area contributed by atoms with Crippen molar-refractivity contribution in [1.29, 1.82) is 0 Å². The highest BCUT2D eigenvalue weighted by Gasteiger charge is 2.45. The number of hydrogen-bond acceptors (Lipinski definition) is 5. The number of benzene rings is 1. The molecule has 0 bridgehead atoms. The average molecular weight is 347 g/mol. The number of aryl methyl sites for hydroxylation is 2. The van der Waals surface area contributed by atoms with Gasteiger partial charge in [-0.3, -0.25) is 9.71 Å². The maximum absolute atomic E-state index is 12.3. The van der Waals surface area contributed by atoms with E-state index >= 15 is 0 Å². The maximum atomic E-state index is 12.3. The lowest BCUT2D eigenvalue weighted by Gasteiger charge is -2.11. The maximum Gasteiger partial charge on any atom is 0.516 e. The lowest BCUT2D eigenvalue weighted by atomic mass is 10.3. The normalized spacial score (nSPS) is 12.0. The van der Waals surface area contributed by atoms with E-state index in [2.05, 4.69) is 9.97 Å². The summed E-state index contributed by atoms with van der Waals surface area (Å²) in [5.74, 6) is 0.538. The number of ether oxygens (including phenoxy) is 1. The molecule has 1 aromatic carbocycles. The summed E-state index contributed by atoms with van der Waals surface area (Å²) < 4.78 is 65.7. The Morgan fingerprint density at radius 2 is 1.74 bits per heavy atom. The highest BCUT2D eigenvalue weighted by Crippen LogP contribution is 2.27. The highest BCUT2D eigenvalue weighted by atomic mass is 32.2. The van der Waals surface area contributed by atoms with Crippen molar-refractivity contribution >= 4 is 15.7 Å². The first kappa shape index (κ1) is 17.0. The lowest BCUT2D eigenvalue weighted by molar-refractivity contribution is -0.0429. The first-order valence-corrected chi connectivity index (χ1v) is 7.74. The molecule has 0 aliphatic rings. The molecule has 1 heterocycles. The van der Waals surface area contributed by atoms with E-state index in [-0.39, 0.29) is 17.3 Å². The quantitative estimate of drug-likeness (QED) is 0.919. The molecule has 2 rings (SSSR count). The zero-order valence-electron chi connectivity index (χ0n) is 12.0. The van der Waals surface area contributed by atoms with E-state index in [0.717, 1.165) is 12.1 Å². The van der Waals surface area contributed by atoms with Gasteiger partial charge in [0.2, 0.25) is 5.88 Å². The van der Waals surface area contributed by atoms with E-state index in [1.807, 2.05) is 0 Å². The molecule has 0 spiro atoms. The number of hydrogen-bond donors (Lipinski definition) is 1. The number of anilines is 1. The number of alkyl halides is 3. The molecule has 0 unspecified atom stereocenters. The number of halogens is 3. The minimum Gasteiger partial charge on any atom is -0.437 e. The summed E-state index contributed by atoms with van der Waals surface area (Å²) in [6.45, 7) is 3.42. The first-order valence-electron chi connectivity index (χ1n) is 6.26. The standard InChI is InChI=1S/C13H12F3N3O3S/c1-8-7-17-9(2)12(18-8)22-11-5-3-10(4-6-11)19-23(20,21)13(14,15)16/h3-7,19H,1-2H3. The molecule has 0 fully saturated rings. The Balaban J connectivity index is 2.16. The third-order valence-corrected chi connectivity index (χ3v) is 3.77. The number of nitrogens with zero attached hydrogens (tertiary/aromatic N) is 2. The van der Waals surface area contributed by atoms with Crippen LogP contribution >= 0.6 is 0 Å². The van der Waals surface area contributed by atoms with Crippen LogP contribution in [0.1, 0.15) is 11.4 Å². The van der Waals surface area contributed by atoms with Crippen LogP contribution in [0.25, 0.3) is 0 Å². The van der Waals surface area contributed by atoms with Crippen LogP contribution in [-0.4, -0.2) is 23.9 Å². The third-order valence-electron chi connectivity index (χ3n) is 2.66. The molecule has 1 aromatic heterocycles. The van der Waals surface area contributed by atoms with Crippen molar-refractivity contribution < 1.29 is 26.3 Å². The van der Waals surface area contributed by atoms with Gasteiger partial charge >= 0.3 is 15.5 Å². The van der Waals surface area contributed by atoms with Crippen LogP contribution in [0.2, 0.25) is 0 Å². The van der Waals surface area contributed by atoms with E-state index < -0.39 is 15.5 Å². The van der Waals surface area contributed by atoms with Gasteiger partial charge in [-0.05, 0) is 38.1 Å². The summed E-state index contributed by atoms with van der Waals surface area (Å²) in [5.41, 5.74) is -4.43. The minimum absolute atomic E-state index is 0.235. The Morgan fingerprint density at radius 3 is 2.30 bits per heavy atom. The molecular weight excluding hydrogens is 335 g/mol. The molecule has 10 heteroatoms. The Hall–Kier alpha value is -2.36. The third kappa shape index (κ3) is 4.09. The van der Waals surface area contributed by atoms with Crippen LogP contribution < -0.4 is 9.46 Å². The molecule has 23 heavy (non-hydrogen) atoms. The molecule has 6 nitrogen and oxygen atoms in total. The first-order chi connectivity index (χ1) is 10.6. The number of nitrogens with one attached hydrogen (secondary N) is 1. The van der Waals surface area contributed by atoms with E-state index in [4.69, 9.17) is 4.74 Å². The Labute approximate surface area is 130 Å². The monoisotopic (exact) mass is 347 g/mol. The van der Waals surface area contributed by atoms with Crippen LogP contribution in [0.15, 0.2) is 30.5 Å². The van der Waals surface area contributed by atoms with Gasteiger partial charge in [-0.1, -0.05) is 0 Å². The van der Waals surface area contributed by atoms with Crippen molar-refractivity contribution in [3.8, 4) is 11.6 Å². The van der Waals surface area contributed by atoms with Crippen molar-refractivity contribution in [2.45, 2.75) is 19.4 Å². The second-order valence-electron chi connectivity index (χ2n) is 4.58. The fraction of sp³-hybridized carbons (Fsp3) is 0.231. The average Bonchev–Trinajstić information content (AvgIpc) is 2.43. The second kappa shape index (κ2) is 6.03. The van der Waals surface area contributed by atoms with Gasteiger partial charge in [0.1, 0.15) is 5.75 Å². The Kier molecular flexibility index (Phi) is 4.46. The second-order valence-corrected chi connectivity index (χ2v) is 6.25. The molecule has 0 aliphatic heterocycles.